The molecule has 0 fully saturated rings. The van der Waals surface area contributed by atoms with E-state index in [1.165, 1.54) is 6.07 Å². The number of carboxylic acid groups (broad SMARTS) is 1. The van der Waals surface area contributed by atoms with E-state index in [-0.39, 0.29) is 29.3 Å². The zero-order valence-electron chi connectivity index (χ0n) is 12.7. The van der Waals surface area contributed by atoms with Gasteiger partial charge in [0.2, 0.25) is 5.91 Å². The minimum Gasteiger partial charge on any atom is -0.478 e. The average molecular weight is 281 g/mol. The number of rotatable bonds is 5. The molecule has 0 bridgehead atoms. The first-order chi connectivity index (χ1) is 9.11. The lowest BCUT2D eigenvalue weighted by Gasteiger charge is -2.26. The smallest absolute Gasteiger partial charge is 0.339 e. The van der Waals surface area contributed by atoms with Crippen LogP contribution in [0.1, 0.15) is 56.0 Å². The number of carbonyl (C=O) groups is 2. The Balaban J connectivity index is 2.53. The number of nitrogens with one attached hydrogen (secondary N) is 1. The second-order valence-electron chi connectivity index (χ2n) is 6.24. The second-order valence-corrected chi connectivity index (χ2v) is 6.24. The highest BCUT2D eigenvalue weighted by Crippen LogP contribution is 2.27. The molecule has 5 heteroatoms. The van der Waals surface area contributed by atoms with E-state index in [0.717, 1.165) is 0 Å². The van der Waals surface area contributed by atoms with Crippen molar-refractivity contribution in [1.82, 2.24) is 5.32 Å². The van der Waals surface area contributed by atoms with E-state index in [2.05, 4.69) is 26.1 Å². The van der Waals surface area contributed by atoms with Gasteiger partial charge in [0.1, 0.15) is 17.1 Å². The minimum atomic E-state index is -1.02. The summed E-state index contributed by atoms with van der Waals surface area (Å²) >= 11 is 0. The largest absolute Gasteiger partial charge is 0.478 e. The number of carboxylic acids is 1. The van der Waals surface area contributed by atoms with Crippen molar-refractivity contribution >= 4 is 11.9 Å². The van der Waals surface area contributed by atoms with Crippen molar-refractivity contribution in [2.24, 2.45) is 11.3 Å². The van der Waals surface area contributed by atoms with Crippen molar-refractivity contribution in [3.05, 3.63) is 23.2 Å². The molecule has 1 aromatic rings. The summed E-state index contributed by atoms with van der Waals surface area (Å²) in [5, 5.41) is 11.7. The van der Waals surface area contributed by atoms with Gasteiger partial charge in [-0.1, -0.05) is 27.7 Å². The van der Waals surface area contributed by atoms with Crippen molar-refractivity contribution < 1.29 is 19.1 Å². The molecule has 0 radical (unpaired) electrons. The molecule has 1 heterocycles. The first-order valence-corrected chi connectivity index (χ1v) is 6.70. The van der Waals surface area contributed by atoms with Crippen molar-refractivity contribution in [1.29, 1.82) is 0 Å². The first-order valence-electron chi connectivity index (χ1n) is 6.70. The Bertz CT molecular complexity index is 496. The van der Waals surface area contributed by atoms with Gasteiger partial charge in [-0.15, -0.1) is 0 Å². The Hall–Kier alpha value is -1.78. The topological polar surface area (TPSA) is 79.5 Å². The molecule has 0 aliphatic heterocycles. The fourth-order valence-electron chi connectivity index (χ4n) is 1.69. The number of furan rings is 1. The molecular weight excluding hydrogens is 258 g/mol. The van der Waals surface area contributed by atoms with Crippen LogP contribution in [0.5, 0.6) is 0 Å². The van der Waals surface area contributed by atoms with E-state index in [9.17, 15) is 9.59 Å². The second kappa shape index (κ2) is 6.11. The third-order valence-corrected chi connectivity index (χ3v) is 3.63. The summed E-state index contributed by atoms with van der Waals surface area (Å²) in [6.45, 7) is 10.1. The number of aryl methyl sites for hydroxylation is 1. The molecule has 5 nitrogen and oxygen atoms in total. The molecule has 0 saturated carbocycles. The molecule has 0 aliphatic carbocycles. The Labute approximate surface area is 119 Å². The lowest BCUT2D eigenvalue weighted by atomic mass is 9.80. The fraction of sp³-hybridized carbons (Fsp3) is 0.600. The van der Waals surface area contributed by atoms with Crippen LogP contribution in [0.25, 0.3) is 0 Å². The number of carbonyl (C=O) groups excluding carboxylic acids is 1. The van der Waals surface area contributed by atoms with Gasteiger partial charge >= 0.3 is 5.97 Å². The van der Waals surface area contributed by atoms with Gasteiger partial charge in [-0.25, -0.2) is 4.79 Å². The average Bonchev–Trinajstić information content (AvgIpc) is 2.66. The normalized spacial score (nSPS) is 13.1. The van der Waals surface area contributed by atoms with Gasteiger partial charge in [-0.3, -0.25) is 4.79 Å². The van der Waals surface area contributed by atoms with Gasteiger partial charge in [0.05, 0.1) is 6.54 Å². The summed E-state index contributed by atoms with van der Waals surface area (Å²) in [7, 11) is 0. The van der Waals surface area contributed by atoms with Crippen LogP contribution >= 0.6 is 0 Å². The lowest BCUT2D eigenvalue weighted by molar-refractivity contribution is -0.122. The lowest BCUT2D eigenvalue weighted by Crippen LogP contribution is -2.28. The molecule has 0 aliphatic rings. The summed E-state index contributed by atoms with van der Waals surface area (Å²) < 4.78 is 5.30. The quantitative estimate of drug-likeness (QED) is 0.869. The third kappa shape index (κ3) is 4.40. The van der Waals surface area contributed by atoms with Crippen LogP contribution in [0, 0.1) is 18.3 Å². The Kier molecular flexibility index (Phi) is 4.98. The van der Waals surface area contributed by atoms with Crippen molar-refractivity contribution in [3.63, 3.8) is 0 Å². The summed E-state index contributed by atoms with van der Waals surface area (Å²) in [6.07, 6.45) is 0.439. The molecule has 0 spiro atoms. The zero-order chi connectivity index (χ0) is 15.5. The van der Waals surface area contributed by atoms with Crippen LogP contribution in [0.3, 0.4) is 0 Å². The van der Waals surface area contributed by atoms with Crippen LogP contribution in [0.15, 0.2) is 10.5 Å². The van der Waals surface area contributed by atoms with Gasteiger partial charge in [0.25, 0.3) is 0 Å². The van der Waals surface area contributed by atoms with Crippen LogP contribution in [-0.4, -0.2) is 17.0 Å². The molecule has 1 amide bonds. The maximum Gasteiger partial charge on any atom is 0.339 e. The molecule has 0 aromatic carbocycles. The van der Waals surface area contributed by atoms with Gasteiger partial charge in [-0.2, -0.15) is 0 Å². The standard InChI is InChI=1S/C15H23NO4/c1-9(15(3,4)5)6-13(17)16-8-11-7-12(14(18)19)10(2)20-11/h7,9H,6,8H2,1-5H3,(H,16,17)(H,18,19). The van der Waals surface area contributed by atoms with Crippen LogP contribution in [-0.2, 0) is 11.3 Å². The highest BCUT2D eigenvalue weighted by atomic mass is 16.4. The number of amides is 1. The summed E-state index contributed by atoms with van der Waals surface area (Å²) in [4.78, 5) is 22.7. The van der Waals surface area contributed by atoms with Gasteiger partial charge in [0.15, 0.2) is 0 Å². The SMILES string of the molecule is Cc1oc(CNC(=O)CC(C)C(C)(C)C)cc1C(=O)O. The van der Waals surface area contributed by atoms with Crippen molar-refractivity contribution in [2.75, 3.05) is 0 Å². The molecule has 1 aromatic heterocycles. The monoisotopic (exact) mass is 281 g/mol. The molecule has 2 N–H and O–H groups in total. The van der Waals surface area contributed by atoms with Crippen molar-refractivity contribution in [3.8, 4) is 0 Å². The molecule has 1 rings (SSSR count). The van der Waals surface area contributed by atoms with Crippen LogP contribution in [0.2, 0.25) is 0 Å². The Morgan fingerprint density at radius 3 is 2.45 bits per heavy atom. The Morgan fingerprint density at radius 1 is 1.40 bits per heavy atom. The van der Waals surface area contributed by atoms with Gasteiger partial charge in [-0.05, 0) is 24.3 Å². The van der Waals surface area contributed by atoms with E-state index in [1.54, 1.807) is 6.92 Å². The zero-order valence-corrected chi connectivity index (χ0v) is 12.7. The number of aromatic carboxylic acids is 1. The van der Waals surface area contributed by atoms with E-state index < -0.39 is 5.97 Å². The maximum absolute atomic E-state index is 11.8. The molecule has 112 valence electrons. The van der Waals surface area contributed by atoms with Crippen LogP contribution < -0.4 is 5.32 Å². The van der Waals surface area contributed by atoms with E-state index in [4.69, 9.17) is 9.52 Å². The number of hydrogen-bond acceptors (Lipinski definition) is 3. The van der Waals surface area contributed by atoms with E-state index in [0.29, 0.717) is 17.9 Å². The molecule has 1 atom stereocenters. The third-order valence-electron chi connectivity index (χ3n) is 3.63. The summed E-state index contributed by atoms with van der Waals surface area (Å²) in [5.74, 6) is -0.0135. The molecule has 20 heavy (non-hydrogen) atoms. The Morgan fingerprint density at radius 2 is 2.00 bits per heavy atom. The summed E-state index contributed by atoms with van der Waals surface area (Å²) in [5.41, 5.74) is 0.215. The highest BCUT2D eigenvalue weighted by Gasteiger charge is 2.22. The van der Waals surface area contributed by atoms with Crippen molar-refractivity contribution in [2.45, 2.75) is 47.6 Å². The molecule has 0 saturated heterocycles. The molecule has 1 unspecified atom stereocenters. The van der Waals surface area contributed by atoms with Crippen LogP contribution in [0.4, 0.5) is 0 Å². The molecular formula is C15H23NO4. The van der Waals surface area contributed by atoms with E-state index >= 15 is 0 Å². The number of hydrogen-bond donors (Lipinski definition) is 2. The maximum atomic E-state index is 11.8. The fourth-order valence-corrected chi connectivity index (χ4v) is 1.69. The summed E-state index contributed by atoms with van der Waals surface area (Å²) in [6, 6.07) is 1.45. The highest BCUT2D eigenvalue weighted by molar-refractivity contribution is 5.88. The van der Waals surface area contributed by atoms with E-state index in [1.807, 2.05) is 6.92 Å². The van der Waals surface area contributed by atoms with Gasteiger partial charge < -0.3 is 14.8 Å². The predicted molar refractivity (Wildman–Crippen MR) is 75.5 cm³/mol. The minimum absolute atomic E-state index is 0.0571. The predicted octanol–water partition coefficient (Wildman–Crippen LogP) is 2.97. The first kappa shape index (κ1) is 16.3. The van der Waals surface area contributed by atoms with Gasteiger partial charge in [0, 0.05) is 6.42 Å².